The number of aromatic amines is 1. The van der Waals surface area contributed by atoms with Crippen LogP contribution < -0.4 is 56.8 Å². The Kier molecular flexibility index (Phi) is 9.59. The molecule has 2 aromatic heterocycles. The van der Waals surface area contributed by atoms with Gasteiger partial charge in [0.15, 0.2) is 16.9 Å². The molecule has 37 heavy (non-hydrogen) atoms. The fourth-order valence-electron chi connectivity index (χ4n) is 3.29. The number of aliphatic carboxylic acids is 1. The number of thiazole rings is 1. The molecule has 15 nitrogen and oxygen atoms in total. The van der Waals surface area contributed by atoms with E-state index in [4.69, 9.17) is 10.6 Å². The summed E-state index contributed by atoms with van der Waals surface area (Å²) in [6, 6.07) is -0.961. The van der Waals surface area contributed by atoms with Crippen LogP contribution in [0.3, 0.4) is 0 Å². The van der Waals surface area contributed by atoms with Gasteiger partial charge in [0.25, 0.3) is 11.8 Å². The molecule has 4 heterocycles. The summed E-state index contributed by atoms with van der Waals surface area (Å²) in [7, 11) is 1.48. The van der Waals surface area contributed by atoms with Crippen LogP contribution in [-0.4, -0.2) is 71.6 Å². The fourth-order valence-corrected chi connectivity index (χ4v) is 6.24. The predicted octanol–water partition coefficient (Wildman–Crippen LogP) is -5.79. The summed E-state index contributed by atoms with van der Waals surface area (Å²) in [6.07, 6.45) is 0.859. The van der Waals surface area contributed by atoms with Gasteiger partial charge in [-0.05, 0) is 5.57 Å². The summed E-state index contributed by atoms with van der Waals surface area (Å²) < 4.78 is 1.24. The van der Waals surface area contributed by atoms with Crippen LogP contribution in [0.4, 0.5) is 5.13 Å². The summed E-state index contributed by atoms with van der Waals surface area (Å²) in [5.41, 5.74) is 4.28. The molecular formula is C18H17N8NaO7S3. The minimum Gasteiger partial charge on any atom is -0.543 e. The topological polar surface area (TPSA) is 218 Å². The zero-order valence-electron chi connectivity index (χ0n) is 19.3. The molecule has 190 valence electrons. The van der Waals surface area contributed by atoms with Crippen molar-refractivity contribution in [3.8, 4) is 0 Å². The number of carboxylic acids is 1. The third kappa shape index (κ3) is 6.44. The predicted molar refractivity (Wildman–Crippen MR) is 128 cm³/mol. The van der Waals surface area contributed by atoms with Gasteiger partial charge in [-0.15, -0.1) is 23.1 Å². The SMILES string of the molecule is Cn1[nH]c(=O)c(=O)nc1SCC1=C(C(=O)[O-])N2C(=O)[C@@H](NC(=O)C=NOCc3csc(N)n3)[C@H]2SC1.[Na+]. The van der Waals surface area contributed by atoms with Crippen molar-refractivity contribution in [2.45, 2.75) is 23.2 Å². The number of fused-ring (bicyclic) bond motifs is 1. The number of aryl methyl sites for hydroxylation is 1. The molecule has 2 atom stereocenters. The largest absolute Gasteiger partial charge is 1.00 e. The van der Waals surface area contributed by atoms with Gasteiger partial charge in [0.2, 0.25) is 0 Å². The molecule has 4 N–H and O–H groups in total. The molecule has 1 saturated heterocycles. The summed E-state index contributed by atoms with van der Waals surface area (Å²) >= 11 is 3.51. The van der Waals surface area contributed by atoms with Crippen LogP contribution in [0, 0.1) is 0 Å². The normalized spacial score (nSPS) is 18.7. The first-order chi connectivity index (χ1) is 17.2. The molecule has 19 heteroatoms. The monoisotopic (exact) mass is 576 g/mol. The Morgan fingerprint density at radius 2 is 2.16 bits per heavy atom. The van der Waals surface area contributed by atoms with Crippen LogP contribution in [-0.2, 0) is 32.9 Å². The molecule has 0 aliphatic carbocycles. The van der Waals surface area contributed by atoms with Gasteiger partial charge in [0, 0.05) is 23.9 Å². The first-order valence-electron chi connectivity index (χ1n) is 9.99. The number of aromatic nitrogens is 4. The molecule has 0 unspecified atom stereocenters. The van der Waals surface area contributed by atoms with E-state index in [0.717, 1.165) is 22.9 Å². The Labute approximate surface area is 242 Å². The number of oxime groups is 1. The number of anilines is 1. The second-order valence-corrected chi connectivity index (χ2v) is 10.2. The third-order valence-electron chi connectivity index (χ3n) is 4.89. The Bertz CT molecular complexity index is 1400. The maximum absolute atomic E-state index is 12.7. The van der Waals surface area contributed by atoms with Crippen molar-refractivity contribution in [2.75, 3.05) is 17.2 Å². The number of hydrogen-bond acceptors (Lipinski definition) is 14. The van der Waals surface area contributed by atoms with Crippen LogP contribution in [0.5, 0.6) is 0 Å². The molecule has 0 bridgehead atoms. The second kappa shape index (κ2) is 12.3. The Hall–Kier alpha value is -2.64. The number of hydrogen-bond donors (Lipinski definition) is 3. The average Bonchev–Trinajstić information content (AvgIpc) is 3.25. The maximum atomic E-state index is 12.7. The molecular weight excluding hydrogens is 559 g/mol. The van der Waals surface area contributed by atoms with E-state index in [9.17, 15) is 29.1 Å². The van der Waals surface area contributed by atoms with Crippen molar-refractivity contribution in [3.63, 3.8) is 0 Å². The van der Waals surface area contributed by atoms with E-state index >= 15 is 0 Å². The van der Waals surface area contributed by atoms with Gasteiger partial charge in [-0.2, -0.15) is 4.98 Å². The molecule has 0 saturated carbocycles. The number of carbonyl (C=O) groups excluding carboxylic acids is 3. The van der Waals surface area contributed by atoms with E-state index in [2.05, 4.69) is 25.5 Å². The van der Waals surface area contributed by atoms with Crippen molar-refractivity contribution in [1.29, 1.82) is 0 Å². The minimum absolute atomic E-state index is 0. The van der Waals surface area contributed by atoms with E-state index in [-0.39, 0.29) is 58.5 Å². The van der Waals surface area contributed by atoms with Gasteiger partial charge in [0.05, 0.1) is 17.4 Å². The van der Waals surface area contributed by atoms with Crippen LogP contribution in [0.15, 0.2) is 36.6 Å². The standard InChI is InChI=1S/C18H18N8O7S3.Na/c1-25-18(23-12(28)13(29)24-25)36-5-7-4-34-15-10(14(30)26(15)11(7)16(31)32)22-9(27)2-20-33-3-8-6-35-17(19)21-8;/h2,6,10,15H,3-5H2,1H3,(H2,19,21)(H,22,27)(H,24,29)(H,31,32);/q;+1/p-1/t10-,15-;/m1./s1. The maximum Gasteiger partial charge on any atom is 1.00 e. The van der Waals surface area contributed by atoms with Crippen molar-refractivity contribution in [1.82, 2.24) is 30.0 Å². The number of nitrogens with zero attached hydrogens (tertiary/aromatic N) is 5. The summed E-state index contributed by atoms with van der Waals surface area (Å²) in [5, 5.41) is 21.7. The van der Waals surface area contributed by atoms with Crippen molar-refractivity contribution in [2.24, 2.45) is 12.2 Å². The smallest absolute Gasteiger partial charge is 0.543 e. The van der Waals surface area contributed by atoms with Crippen LogP contribution in [0.2, 0.25) is 0 Å². The van der Waals surface area contributed by atoms with Crippen LogP contribution >= 0.6 is 34.9 Å². The zero-order chi connectivity index (χ0) is 26.0. The Morgan fingerprint density at radius 1 is 1.41 bits per heavy atom. The van der Waals surface area contributed by atoms with E-state index < -0.39 is 40.3 Å². The number of β-lactam (4-membered cyclic amide) rings is 1. The molecule has 2 amide bonds. The number of carboxylic acid groups (broad SMARTS) is 1. The van der Waals surface area contributed by atoms with Gasteiger partial charge in [-0.3, -0.25) is 33.9 Å². The molecule has 2 aromatic rings. The van der Waals surface area contributed by atoms with Crippen molar-refractivity contribution < 1.29 is 53.9 Å². The number of thioether (sulfide) groups is 2. The van der Waals surface area contributed by atoms with Gasteiger partial charge >= 0.3 is 40.7 Å². The Balaban J connectivity index is 0.00000380. The number of nitrogens with one attached hydrogen (secondary N) is 2. The van der Waals surface area contributed by atoms with E-state index in [1.165, 1.54) is 34.8 Å². The molecule has 4 rings (SSSR count). The number of amides is 2. The zero-order valence-corrected chi connectivity index (χ0v) is 23.8. The minimum atomic E-state index is -1.55. The molecule has 0 radical (unpaired) electrons. The summed E-state index contributed by atoms with van der Waals surface area (Å²) in [4.78, 5) is 73.2. The van der Waals surface area contributed by atoms with Crippen LogP contribution in [0.25, 0.3) is 0 Å². The van der Waals surface area contributed by atoms with Crippen molar-refractivity contribution in [3.05, 3.63) is 43.1 Å². The van der Waals surface area contributed by atoms with Crippen molar-refractivity contribution >= 4 is 64.0 Å². The molecule has 1 fully saturated rings. The van der Waals surface area contributed by atoms with Gasteiger partial charge in [0.1, 0.15) is 17.6 Å². The molecule has 2 aliphatic heterocycles. The van der Waals surface area contributed by atoms with E-state index in [1.54, 1.807) is 5.38 Å². The molecule has 0 spiro atoms. The van der Waals surface area contributed by atoms with E-state index in [0.29, 0.717) is 16.4 Å². The summed E-state index contributed by atoms with van der Waals surface area (Å²) in [6.45, 7) is 0.00932. The Morgan fingerprint density at radius 3 is 2.84 bits per heavy atom. The second-order valence-electron chi connectivity index (χ2n) is 7.31. The first-order valence-corrected chi connectivity index (χ1v) is 12.9. The first kappa shape index (κ1) is 28.9. The average molecular weight is 577 g/mol. The number of nitrogens with two attached hydrogens (primary N) is 1. The quantitative estimate of drug-likeness (QED) is 0.0635. The number of H-pyrrole nitrogens is 1. The van der Waals surface area contributed by atoms with Gasteiger partial charge < -0.3 is 25.8 Å². The fraction of sp³-hybridized carbons (Fsp3) is 0.333. The number of carbonyl (C=O) groups is 3. The number of rotatable bonds is 9. The molecule has 2 aliphatic rings. The number of nitrogen functional groups attached to an aromatic ring is 1. The van der Waals surface area contributed by atoms with Crippen LogP contribution in [0.1, 0.15) is 5.69 Å². The van der Waals surface area contributed by atoms with Gasteiger partial charge in [-0.25, -0.2) is 4.98 Å². The summed E-state index contributed by atoms with van der Waals surface area (Å²) in [5.74, 6) is -2.57. The third-order valence-corrected chi connectivity index (χ3v) is 8.07. The molecule has 0 aromatic carbocycles. The van der Waals surface area contributed by atoms with Gasteiger partial charge in [-0.1, -0.05) is 16.9 Å². The van der Waals surface area contributed by atoms with E-state index in [1.807, 2.05) is 0 Å².